The number of nitrogen functional groups attached to an aromatic ring is 1. The first kappa shape index (κ1) is 11.2. The van der Waals surface area contributed by atoms with Gasteiger partial charge in [0, 0.05) is 6.20 Å². The second kappa shape index (κ2) is 4.31. The lowest BCUT2D eigenvalue weighted by Crippen LogP contribution is -2.01. The van der Waals surface area contributed by atoms with Crippen LogP contribution in [0.3, 0.4) is 0 Å². The molecule has 0 unspecified atom stereocenters. The molecular weight excluding hydrogens is 252 g/mol. The van der Waals surface area contributed by atoms with E-state index in [2.05, 4.69) is 5.10 Å². The van der Waals surface area contributed by atoms with Gasteiger partial charge in [-0.1, -0.05) is 29.3 Å². The lowest BCUT2D eigenvalue weighted by Gasteiger charge is -2.02. The quantitative estimate of drug-likeness (QED) is 0.902. The van der Waals surface area contributed by atoms with Gasteiger partial charge in [-0.2, -0.15) is 5.10 Å². The highest BCUT2D eigenvalue weighted by atomic mass is 35.5. The van der Waals surface area contributed by atoms with Crippen LogP contribution in [0.1, 0.15) is 5.56 Å². The molecule has 1 heterocycles. The molecule has 6 heteroatoms. The van der Waals surface area contributed by atoms with Crippen molar-refractivity contribution in [3.8, 4) is 0 Å². The highest BCUT2D eigenvalue weighted by molar-refractivity contribution is 6.32. The van der Waals surface area contributed by atoms with Gasteiger partial charge < -0.3 is 5.73 Å². The summed E-state index contributed by atoms with van der Waals surface area (Å²) >= 11 is 11.4. The van der Waals surface area contributed by atoms with Crippen LogP contribution in [0.25, 0.3) is 0 Å². The summed E-state index contributed by atoms with van der Waals surface area (Å²) in [6.07, 6.45) is 1.61. The van der Waals surface area contributed by atoms with Crippen molar-refractivity contribution >= 4 is 29.0 Å². The zero-order valence-corrected chi connectivity index (χ0v) is 9.63. The molecule has 1 aromatic carbocycles. The summed E-state index contributed by atoms with van der Waals surface area (Å²) < 4.78 is 14.5. The highest BCUT2D eigenvalue weighted by Crippen LogP contribution is 2.19. The molecule has 84 valence electrons. The Balaban J connectivity index is 2.23. The van der Waals surface area contributed by atoms with Crippen molar-refractivity contribution in [1.82, 2.24) is 9.78 Å². The van der Waals surface area contributed by atoms with Crippen molar-refractivity contribution in [2.45, 2.75) is 6.54 Å². The highest BCUT2D eigenvalue weighted by Gasteiger charge is 2.05. The Hall–Kier alpha value is -1.26. The first-order valence-corrected chi connectivity index (χ1v) is 5.24. The molecule has 2 rings (SSSR count). The Morgan fingerprint density at radius 1 is 1.31 bits per heavy atom. The number of halogens is 3. The van der Waals surface area contributed by atoms with Crippen LogP contribution >= 0.6 is 23.2 Å². The Bertz CT molecular complexity index is 505. The summed E-state index contributed by atoms with van der Waals surface area (Å²) in [5, 5.41) is 4.47. The molecule has 1 aromatic heterocycles. The van der Waals surface area contributed by atoms with Crippen LogP contribution in [0, 0.1) is 5.82 Å². The Kier molecular flexibility index (Phi) is 3.03. The molecule has 2 N–H and O–H groups in total. The number of nitrogens with zero attached hydrogens (tertiary/aromatic N) is 2. The van der Waals surface area contributed by atoms with Gasteiger partial charge in [-0.3, -0.25) is 4.68 Å². The third-order valence-corrected chi connectivity index (χ3v) is 2.65. The van der Waals surface area contributed by atoms with Crippen LogP contribution in [0.4, 0.5) is 10.2 Å². The molecule has 3 nitrogen and oxygen atoms in total. The molecule has 0 atom stereocenters. The van der Waals surface area contributed by atoms with Crippen molar-refractivity contribution in [2.75, 3.05) is 5.73 Å². The number of rotatable bonds is 2. The molecule has 0 fully saturated rings. The maximum absolute atomic E-state index is 12.9. The van der Waals surface area contributed by atoms with Gasteiger partial charge in [0.15, 0.2) is 5.82 Å². The third-order valence-electron chi connectivity index (χ3n) is 2.07. The predicted octanol–water partition coefficient (Wildman–Crippen LogP) is 2.96. The molecule has 0 aliphatic heterocycles. The monoisotopic (exact) mass is 259 g/mol. The van der Waals surface area contributed by atoms with Gasteiger partial charge in [0.25, 0.3) is 0 Å². The fourth-order valence-electron chi connectivity index (χ4n) is 1.32. The standard InChI is InChI=1S/C10H8Cl2FN3/c11-7-3-6(1-2-9(7)13)4-16-5-8(12)10(14)15-16/h1-3,5H,4H2,(H2,14,15). The van der Waals surface area contributed by atoms with Gasteiger partial charge in [0.1, 0.15) is 10.8 Å². The van der Waals surface area contributed by atoms with Gasteiger partial charge in [-0.05, 0) is 17.7 Å². The van der Waals surface area contributed by atoms with Gasteiger partial charge in [-0.25, -0.2) is 4.39 Å². The zero-order chi connectivity index (χ0) is 11.7. The van der Waals surface area contributed by atoms with Crippen LogP contribution in [0.5, 0.6) is 0 Å². The van der Waals surface area contributed by atoms with Crippen molar-refractivity contribution in [3.05, 3.63) is 45.8 Å². The lowest BCUT2D eigenvalue weighted by molar-refractivity contribution is 0.625. The third kappa shape index (κ3) is 2.28. The fraction of sp³-hybridized carbons (Fsp3) is 0.100. The SMILES string of the molecule is Nc1nn(Cc2ccc(F)c(Cl)c2)cc1Cl. The summed E-state index contributed by atoms with van der Waals surface area (Å²) in [7, 11) is 0. The molecule has 0 bridgehead atoms. The van der Waals surface area contributed by atoms with E-state index >= 15 is 0 Å². The van der Waals surface area contributed by atoms with Gasteiger partial charge >= 0.3 is 0 Å². The second-order valence-corrected chi connectivity index (χ2v) is 4.12. The molecule has 0 aliphatic rings. The normalized spacial score (nSPS) is 10.7. The van der Waals surface area contributed by atoms with E-state index in [0.717, 1.165) is 5.56 Å². The molecule has 0 aliphatic carbocycles. The maximum atomic E-state index is 12.9. The molecule has 0 radical (unpaired) electrons. The van der Waals surface area contributed by atoms with Crippen molar-refractivity contribution in [3.63, 3.8) is 0 Å². The van der Waals surface area contributed by atoms with Crippen LogP contribution in [0.2, 0.25) is 10.0 Å². The average Bonchev–Trinajstić information content (AvgIpc) is 2.52. The van der Waals surface area contributed by atoms with E-state index in [1.54, 1.807) is 23.0 Å². The Morgan fingerprint density at radius 3 is 2.62 bits per heavy atom. The van der Waals surface area contributed by atoms with Gasteiger partial charge in [-0.15, -0.1) is 0 Å². The molecule has 0 spiro atoms. The number of anilines is 1. The number of aromatic nitrogens is 2. The summed E-state index contributed by atoms with van der Waals surface area (Å²) in [6, 6.07) is 4.49. The Labute approximate surface area is 102 Å². The van der Waals surface area contributed by atoms with Crippen molar-refractivity contribution in [2.24, 2.45) is 0 Å². The van der Waals surface area contributed by atoms with E-state index < -0.39 is 5.82 Å². The smallest absolute Gasteiger partial charge is 0.164 e. The maximum Gasteiger partial charge on any atom is 0.164 e. The molecule has 16 heavy (non-hydrogen) atoms. The number of hydrogen-bond acceptors (Lipinski definition) is 2. The van der Waals surface area contributed by atoms with Crippen LogP contribution < -0.4 is 5.73 Å². The zero-order valence-electron chi connectivity index (χ0n) is 8.12. The number of benzene rings is 1. The predicted molar refractivity (Wildman–Crippen MR) is 62.2 cm³/mol. The summed E-state index contributed by atoms with van der Waals surface area (Å²) in [6.45, 7) is 0.441. The van der Waals surface area contributed by atoms with E-state index in [1.807, 2.05) is 0 Å². The first-order valence-electron chi connectivity index (χ1n) is 4.48. The number of hydrogen-bond donors (Lipinski definition) is 1. The Morgan fingerprint density at radius 2 is 2.06 bits per heavy atom. The minimum absolute atomic E-state index is 0.0868. The molecule has 2 aromatic rings. The van der Waals surface area contributed by atoms with Crippen molar-refractivity contribution < 1.29 is 4.39 Å². The van der Waals surface area contributed by atoms with E-state index in [9.17, 15) is 4.39 Å². The van der Waals surface area contributed by atoms with Gasteiger partial charge in [0.2, 0.25) is 0 Å². The van der Waals surface area contributed by atoms with E-state index in [-0.39, 0.29) is 10.8 Å². The second-order valence-electron chi connectivity index (χ2n) is 3.31. The number of nitrogens with two attached hydrogens (primary N) is 1. The van der Waals surface area contributed by atoms with Crippen molar-refractivity contribution in [1.29, 1.82) is 0 Å². The minimum Gasteiger partial charge on any atom is -0.381 e. The average molecular weight is 260 g/mol. The summed E-state index contributed by atoms with van der Waals surface area (Å²) in [4.78, 5) is 0. The lowest BCUT2D eigenvalue weighted by atomic mass is 10.2. The molecule has 0 amide bonds. The van der Waals surface area contributed by atoms with Crippen LogP contribution in [0.15, 0.2) is 24.4 Å². The minimum atomic E-state index is -0.441. The van der Waals surface area contributed by atoms with Crippen LogP contribution in [-0.4, -0.2) is 9.78 Å². The largest absolute Gasteiger partial charge is 0.381 e. The summed E-state index contributed by atoms with van der Waals surface area (Å²) in [5.41, 5.74) is 6.32. The molecular formula is C10H8Cl2FN3. The fourth-order valence-corrected chi connectivity index (χ4v) is 1.67. The van der Waals surface area contributed by atoms with E-state index in [1.165, 1.54) is 6.07 Å². The topological polar surface area (TPSA) is 43.8 Å². The molecule has 0 saturated heterocycles. The van der Waals surface area contributed by atoms with E-state index in [0.29, 0.717) is 11.6 Å². The summed E-state index contributed by atoms with van der Waals surface area (Å²) in [5.74, 6) is -0.168. The van der Waals surface area contributed by atoms with Crippen LogP contribution in [-0.2, 0) is 6.54 Å². The first-order chi connectivity index (χ1) is 7.56. The van der Waals surface area contributed by atoms with Gasteiger partial charge in [0.05, 0.1) is 11.6 Å². The van der Waals surface area contributed by atoms with E-state index in [4.69, 9.17) is 28.9 Å². The molecule has 0 saturated carbocycles.